The summed E-state index contributed by atoms with van der Waals surface area (Å²) in [5.41, 5.74) is 3.02. The van der Waals surface area contributed by atoms with Gasteiger partial charge in [-0.05, 0) is 24.6 Å². The van der Waals surface area contributed by atoms with Gasteiger partial charge in [-0.25, -0.2) is 15.0 Å². The first-order valence-electron chi connectivity index (χ1n) is 9.31. The number of hydrogen-bond acceptors (Lipinski definition) is 7. The molecule has 0 unspecified atom stereocenters. The zero-order valence-electron chi connectivity index (χ0n) is 15.6. The van der Waals surface area contributed by atoms with Gasteiger partial charge in [-0.1, -0.05) is 0 Å². The lowest BCUT2D eigenvalue weighted by atomic mass is 10.3. The fraction of sp³-hybridized carbons (Fsp3) is 0.263. The molecule has 28 heavy (non-hydrogen) atoms. The van der Waals surface area contributed by atoms with Crippen molar-refractivity contribution in [1.29, 1.82) is 0 Å². The molecule has 1 fully saturated rings. The SMILES string of the molecule is Cc1cn(-c2ncc[nH]2)c2nc(Nc3ccc(N4CCNCC4)cn3)ncc12. The molecule has 1 saturated heterocycles. The number of H-pyrrole nitrogens is 1. The van der Waals surface area contributed by atoms with Gasteiger partial charge >= 0.3 is 0 Å². The van der Waals surface area contributed by atoms with Crippen LogP contribution in [0.15, 0.2) is 43.1 Å². The monoisotopic (exact) mass is 375 g/mol. The van der Waals surface area contributed by atoms with E-state index in [1.165, 1.54) is 0 Å². The minimum atomic E-state index is 0.501. The summed E-state index contributed by atoms with van der Waals surface area (Å²) in [6.07, 6.45) is 9.24. The molecule has 5 heterocycles. The highest BCUT2D eigenvalue weighted by Crippen LogP contribution is 2.23. The number of aromatic amines is 1. The minimum Gasteiger partial charge on any atom is -0.368 e. The van der Waals surface area contributed by atoms with Gasteiger partial charge in [0.15, 0.2) is 5.65 Å². The van der Waals surface area contributed by atoms with E-state index in [-0.39, 0.29) is 0 Å². The Morgan fingerprint density at radius 1 is 1.07 bits per heavy atom. The van der Waals surface area contributed by atoms with Crippen molar-refractivity contribution in [3.05, 3.63) is 48.7 Å². The first kappa shape index (κ1) is 16.7. The van der Waals surface area contributed by atoms with Crippen molar-refractivity contribution in [3.8, 4) is 5.95 Å². The first-order chi connectivity index (χ1) is 13.8. The number of aromatic nitrogens is 6. The first-order valence-corrected chi connectivity index (χ1v) is 9.31. The molecule has 0 atom stereocenters. The van der Waals surface area contributed by atoms with Crippen molar-refractivity contribution in [3.63, 3.8) is 0 Å². The number of hydrogen-bond donors (Lipinski definition) is 3. The van der Waals surface area contributed by atoms with Gasteiger partial charge < -0.3 is 20.5 Å². The van der Waals surface area contributed by atoms with E-state index in [1.54, 1.807) is 12.4 Å². The summed E-state index contributed by atoms with van der Waals surface area (Å²) in [5, 5.41) is 7.55. The molecule has 0 radical (unpaired) electrons. The molecule has 9 heteroatoms. The van der Waals surface area contributed by atoms with E-state index < -0.39 is 0 Å². The highest BCUT2D eigenvalue weighted by molar-refractivity contribution is 5.81. The van der Waals surface area contributed by atoms with Gasteiger partial charge in [-0.3, -0.25) is 4.57 Å². The third-order valence-electron chi connectivity index (χ3n) is 4.93. The van der Waals surface area contributed by atoms with Gasteiger partial charge in [0.05, 0.1) is 11.9 Å². The molecule has 1 aliphatic heterocycles. The number of piperazine rings is 1. The number of fused-ring (bicyclic) bond motifs is 1. The molecule has 3 N–H and O–H groups in total. The Hall–Kier alpha value is -3.46. The Kier molecular flexibility index (Phi) is 4.13. The fourth-order valence-electron chi connectivity index (χ4n) is 3.45. The van der Waals surface area contributed by atoms with E-state index in [0.29, 0.717) is 11.8 Å². The van der Waals surface area contributed by atoms with E-state index in [2.05, 4.69) is 46.5 Å². The van der Waals surface area contributed by atoms with Gasteiger partial charge in [0.2, 0.25) is 11.9 Å². The molecule has 142 valence electrons. The maximum Gasteiger partial charge on any atom is 0.230 e. The summed E-state index contributed by atoms with van der Waals surface area (Å²) in [7, 11) is 0. The smallest absolute Gasteiger partial charge is 0.230 e. The number of nitrogens with one attached hydrogen (secondary N) is 3. The predicted octanol–water partition coefficient (Wildman–Crippen LogP) is 2.00. The van der Waals surface area contributed by atoms with Crippen LogP contribution >= 0.6 is 0 Å². The quantitative estimate of drug-likeness (QED) is 0.502. The second kappa shape index (κ2) is 6.93. The maximum absolute atomic E-state index is 4.68. The zero-order valence-corrected chi connectivity index (χ0v) is 15.6. The Morgan fingerprint density at radius 3 is 2.71 bits per heavy atom. The average molecular weight is 375 g/mol. The topological polar surface area (TPSA) is 99.6 Å². The normalized spacial score (nSPS) is 14.5. The highest BCUT2D eigenvalue weighted by Gasteiger charge is 2.13. The van der Waals surface area contributed by atoms with Gasteiger partial charge in [0, 0.05) is 56.4 Å². The maximum atomic E-state index is 4.68. The van der Waals surface area contributed by atoms with Crippen molar-refractivity contribution in [2.45, 2.75) is 6.92 Å². The minimum absolute atomic E-state index is 0.501. The molecule has 4 aromatic heterocycles. The number of aryl methyl sites for hydroxylation is 1. The van der Waals surface area contributed by atoms with Crippen molar-refractivity contribution >= 4 is 28.5 Å². The number of rotatable bonds is 4. The van der Waals surface area contributed by atoms with Crippen molar-refractivity contribution < 1.29 is 0 Å². The molecule has 0 aromatic carbocycles. The predicted molar refractivity (Wildman–Crippen MR) is 108 cm³/mol. The molecule has 1 aliphatic rings. The van der Waals surface area contributed by atoms with Gasteiger partial charge in [0.1, 0.15) is 5.82 Å². The molecule has 0 aliphatic carbocycles. The second-order valence-electron chi connectivity index (χ2n) is 6.79. The van der Waals surface area contributed by atoms with Crippen LogP contribution in [-0.4, -0.2) is 55.7 Å². The van der Waals surface area contributed by atoms with Crippen LogP contribution in [0.2, 0.25) is 0 Å². The third-order valence-corrected chi connectivity index (χ3v) is 4.93. The lowest BCUT2D eigenvalue weighted by Crippen LogP contribution is -2.43. The molecule has 0 amide bonds. The number of anilines is 3. The highest BCUT2D eigenvalue weighted by atomic mass is 15.2. The average Bonchev–Trinajstić information content (AvgIpc) is 3.37. The van der Waals surface area contributed by atoms with Crippen molar-refractivity contribution in [2.75, 3.05) is 36.4 Å². The largest absolute Gasteiger partial charge is 0.368 e. The molecule has 4 aromatic rings. The van der Waals surface area contributed by atoms with Gasteiger partial charge in [-0.15, -0.1) is 0 Å². The van der Waals surface area contributed by atoms with Crippen LogP contribution < -0.4 is 15.5 Å². The van der Waals surface area contributed by atoms with E-state index in [9.17, 15) is 0 Å². The van der Waals surface area contributed by atoms with Crippen LogP contribution in [0.4, 0.5) is 17.5 Å². The third kappa shape index (κ3) is 3.05. The Bertz CT molecular complexity index is 1080. The fourth-order valence-corrected chi connectivity index (χ4v) is 3.45. The van der Waals surface area contributed by atoms with Crippen molar-refractivity contribution in [1.82, 2.24) is 34.8 Å². The molecule has 0 saturated carbocycles. The summed E-state index contributed by atoms with van der Waals surface area (Å²) in [4.78, 5) is 23.4. The molecule has 9 nitrogen and oxygen atoms in total. The van der Waals surface area contributed by atoms with Gasteiger partial charge in [-0.2, -0.15) is 4.98 Å². The van der Waals surface area contributed by atoms with E-state index in [4.69, 9.17) is 0 Å². The Labute approximate surface area is 161 Å². The standard InChI is InChI=1S/C19H21N9/c1-13-12-28(19-21-4-5-22-19)17-15(13)11-24-18(26-17)25-16-3-2-14(10-23-16)27-8-6-20-7-9-27/h2-5,10-12,20H,6-9H2,1H3,(H,21,22)(H,23,24,25,26). The molecule has 5 rings (SSSR count). The summed E-state index contributed by atoms with van der Waals surface area (Å²) >= 11 is 0. The van der Waals surface area contributed by atoms with Crippen LogP contribution in [0.25, 0.3) is 17.0 Å². The lowest BCUT2D eigenvalue weighted by molar-refractivity contribution is 0.589. The Morgan fingerprint density at radius 2 is 1.96 bits per heavy atom. The molecular weight excluding hydrogens is 354 g/mol. The van der Waals surface area contributed by atoms with E-state index >= 15 is 0 Å². The van der Waals surface area contributed by atoms with Crippen molar-refractivity contribution in [2.24, 2.45) is 0 Å². The van der Waals surface area contributed by atoms with E-state index in [1.807, 2.05) is 36.1 Å². The number of imidazole rings is 1. The number of nitrogens with zero attached hydrogens (tertiary/aromatic N) is 6. The van der Waals surface area contributed by atoms with Crippen LogP contribution in [0.1, 0.15) is 5.56 Å². The van der Waals surface area contributed by atoms with Crippen LogP contribution in [-0.2, 0) is 0 Å². The Balaban J connectivity index is 1.41. The van der Waals surface area contributed by atoms with Crippen LogP contribution in [0, 0.1) is 6.92 Å². The van der Waals surface area contributed by atoms with Gasteiger partial charge in [0.25, 0.3) is 0 Å². The molecule has 0 spiro atoms. The van der Waals surface area contributed by atoms with Crippen LogP contribution in [0.5, 0.6) is 0 Å². The summed E-state index contributed by atoms with van der Waals surface area (Å²) in [6.45, 7) is 6.04. The zero-order chi connectivity index (χ0) is 18.9. The second-order valence-corrected chi connectivity index (χ2v) is 6.79. The molecular formula is C19H21N9. The number of pyridine rings is 1. The molecule has 0 bridgehead atoms. The summed E-state index contributed by atoms with van der Waals surface area (Å²) < 4.78 is 1.93. The lowest BCUT2D eigenvalue weighted by Gasteiger charge is -2.29. The van der Waals surface area contributed by atoms with Crippen LogP contribution in [0.3, 0.4) is 0 Å². The summed E-state index contributed by atoms with van der Waals surface area (Å²) in [6, 6.07) is 4.04. The van der Waals surface area contributed by atoms with E-state index in [0.717, 1.165) is 54.4 Å². The summed E-state index contributed by atoms with van der Waals surface area (Å²) in [5.74, 6) is 1.94.